The zero-order chi connectivity index (χ0) is 41.4. The highest BCUT2D eigenvalue weighted by Gasteiger charge is 2.28. The van der Waals surface area contributed by atoms with Crippen molar-refractivity contribution in [2.75, 3.05) is 0 Å². The van der Waals surface area contributed by atoms with Crippen molar-refractivity contribution in [3.63, 3.8) is 0 Å². The summed E-state index contributed by atoms with van der Waals surface area (Å²) in [6, 6.07) is 68.9. The van der Waals surface area contributed by atoms with Crippen molar-refractivity contribution >= 4 is 135 Å². The zero-order valence-corrected chi connectivity index (χ0v) is 34.9. The van der Waals surface area contributed by atoms with Gasteiger partial charge in [-0.15, -0.1) is 11.3 Å². The van der Waals surface area contributed by atoms with E-state index >= 15 is 0 Å². The number of hydrogen-bond donors (Lipinski definition) is 0. The van der Waals surface area contributed by atoms with Gasteiger partial charge in [-0.3, -0.25) is 4.57 Å². The molecule has 0 spiro atoms. The smallest absolute Gasteiger partial charge is 0.235 e. The third-order valence-electron chi connectivity index (χ3n) is 14.1. The molecular formula is C58H31N5S. The summed E-state index contributed by atoms with van der Waals surface area (Å²) in [7, 11) is 0. The summed E-state index contributed by atoms with van der Waals surface area (Å²) in [4.78, 5) is 11.5. The van der Waals surface area contributed by atoms with Gasteiger partial charge in [0.05, 0.1) is 49.8 Å². The van der Waals surface area contributed by atoms with E-state index in [0.29, 0.717) is 5.95 Å². The van der Waals surface area contributed by atoms with Gasteiger partial charge < -0.3 is 8.97 Å². The zero-order valence-electron chi connectivity index (χ0n) is 34.0. The van der Waals surface area contributed by atoms with Crippen LogP contribution in [0.1, 0.15) is 0 Å². The largest absolute Gasteiger partial charge is 0.309 e. The second-order valence-corrected chi connectivity index (χ2v) is 18.4. The number of para-hydroxylation sites is 2. The predicted octanol–water partition coefficient (Wildman–Crippen LogP) is 15.6. The maximum Gasteiger partial charge on any atom is 0.235 e. The van der Waals surface area contributed by atoms with Gasteiger partial charge in [0, 0.05) is 74.5 Å². The first-order valence-electron chi connectivity index (χ1n) is 21.8. The lowest BCUT2D eigenvalue weighted by atomic mass is 9.98. The van der Waals surface area contributed by atoms with Gasteiger partial charge in [-0.25, -0.2) is 9.97 Å². The van der Waals surface area contributed by atoms with Gasteiger partial charge in [-0.2, -0.15) is 0 Å². The average molecular weight is 830 g/mol. The fourth-order valence-electron chi connectivity index (χ4n) is 11.5. The number of benzene rings is 10. The standard InChI is InChI=1S/C58H31N5S/c1-2-13-34-31-35(25-23-32(34)11-1)61-43-19-8-6-16-39(43)50-40(17-9-20-44(50)61)56-41-26-24-33-12-3-4-14-36(33)55(41)59-58(60-56)63-46-29-30-49-54-51-45(21-10-22-48(51)64-49)62-42-18-7-5-15-37(42)38-27-28-47(63)53(52(46)54)57(38)62/h1-31H. The highest BCUT2D eigenvalue weighted by Crippen LogP contribution is 2.50. The molecule has 16 rings (SSSR count). The summed E-state index contributed by atoms with van der Waals surface area (Å²) in [6.07, 6.45) is 0. The molecule has 6 aromatic heterocycles. The number of rotatable bonds is 3. The maximum absolute atomic E-state index is 5.80. The molecule has 0 aliphatic heterocycles. The van der Waals surface area contributed by atoms with E-state index in [-0.39, 0.29) is 0 Å². The summed E-state index contributed by atoms with van der Waals surface area (Å²) >= 11 is 1.88. The Balaban J connectivity index is 1.07. The molecule has 0 bridgehead atoms. The number of aromatic nitrogens is 5. The fraction of sp³-hybridized carbons (Fsp3) is 0. The minimum atomic E-state index is 0.663. The summed E-state index contributed by atoms with van der Waals surface area (Å²) in [5.41, 5.74) is 12.3. The predicted molar refractivity (Wildman–Crippen MR) is 270 cm³/mol. The Hall–Kier alpha value is -8.32. The molecule has 0 aliphatic rings. The van der Waals surface area contributed by atoms with E-state index in [2.05, 4.69) is 202 Å². The molecule has 16 aromatic rings. The van der Waals surface area contributed by atoms with Crippen molar-refractivity contribution in [1.82, 2.24) is 23.5 Å². The van der Waals surface area contributed by atoms with Crippen molar-refractivity contribution in [1.29, 1.82) is 0 Å². The van der Waals surface area contributed by atoms with Gasteiger partial charge in [-0.05, 0) is 82.9 Å². The molecule has 0 saturated carbocycles. The van der Waals surface area contributed by atoms with E-state index in [9.17, 15) is 0 Å². The quantitative estimate of drug-likeness (QED) is 0.166. The van der Waals surface area contributed by atoms with Crippen LogP contribution in [0.5, 0.6) is 0 Å². The van der Waals surface area contributed by atoms with Crippen LogP contribution in [0.2, 0.25) is 0 Å². The van der Waals surface area contributed by atoms with Gasteiger partial charge in [0.2, 0.25) is 5.95 Å². The molecule has 6 heteroatoms. The van der Waals surface area contributed by atoms with Crippen LogP contribution in [0.25, 0.3) is 146 Å². The first-order valence-corrected chi connectivity index (χ1v) is 22.6. The summed E-state index contributed by atoms with van der Waals surface area (Å²) in [6.45, 7) is 0. The minimum absolute atomic E-state index is 0.663. The van der Waals surface area contributed by atoms with Crippen LogP contribution < -0.4 is 0 Å². The number of nitrogens with zero attached hydrogens (tertiary/aromatic N) is 5. The van der Waals surface area contributed by atoms with Crippen LogP contribution >= 0.6 is 11.3 Å². The molecule has 0 saturated heterocycles. The molecule has 0 N–H and O–H groups in total. The van der Waals surface area contributed by atoms with Crippen molar-refractivity contribution < 1.29 is 0 Å². The number of fused-ring (bicyclic) bond motifs is 11. The summed E-state index contributed by atoms with van der Waals surface area (Å²) in [5.74, 6) is 0.663. The molecule has 0 aliphatic carbocycles. The van der Waals surface area contributed by atoms with Crippen molar-refractivity contribution in [2.45, 2.75) is 0 Å². The molecule has 5 nitrogen and oxygen atoms in total. The van der Waals surface area contributed by atoms with E-state index in [0.717, 1.165) is 60.7 Å². The lowest BCUT2D eigenvalue weighted by Crippen LogP contribution is -2.04. The van der Waals surface area contributed by atoms with E-state index in [1.807, 2.05) is 11.3 Å². The second kappa shape index (κ2) is 11.8. The Bertz CT molecular complexity index is 4680. The van der Waals surface area contributed by atoms with Gasteiger partial charge in [-0.1, -0.05) is 121 Å². The Morgan fingerprint density at radius 2 is 1.03 bits per heavy atom. The van der Waals surface area contributed by atoms with Crippen LogP contribution in [0.15, 0.2) is 188 Å². The van der Waals surface area contributed by atoms with E-state index < -0.39 is 0 Å². The highest BCUT2D eigenvalue weighted by atomic mass is 32.1. The van der Waals surface area contributed by atoms with Crippen molar-refractivity contribution in [2.24, 2.45) is 0 Å². The molecule has 6 heterocycles. The van der Waals surface area contributed by atoms with Gasteiger partial charge in [0.25, 0.3) is 0 Å². The number of hydrogen-bond acceptors (Lipinski definition) is 3. The van der Waals surface area contributed by atoms with Crippen molar-refractivity contribution in [3.05, 3.63) is 188 Å². The van der Waals surface area contributed by atoms with E-state index in [1.54, 1.807) is 0 Å². The number of thiophene rings is 1. The minimum Gasteiger partial charge on any atom is -0.309 e. The lowest BCUT2D eigenvalue weighted by Gasteiger charge is -2.14. The first-order chi connectivity index (χ1) is 31.8. The van der Waals surface area contributed by atoms with Crippen LogP contribution in [0.3, 0.4) is 0 Å². The summed E-state index contributed by atoms with van der Waals surface area (Å²) < 4.78 is 9.89. The summed E-state index contributed by atoms with van der Waals surface area (Å²) in [5, 5.41) is 15.7. The molecule has 294 valence electrons. The monoisotopic (exact) mass is 829 g/mol. The topological polar surface area (TPSA) is 40.0 Å². The van der Waals surface area contributed by atoms with Crippen LogP contribution in [-0.4, -0.2) is 23.5 Å². The third kappa shape index (κ3) is 4.05. The molecular weight excluding hydrogens is 799 g/mol. The Labute approximate surface area is 367 Å². The SMILES string of the molecule is c1ccc2cc(-n3c4ccccc4c4c(-c5nc(-n6c7ccc8sc9cccc%10c9c8c7c7c6ccc6c8ccccc8n%10c67)nc6c5ccc5ccccc56)cccc43)ccc2c1. The lowest BCUT2D eigenvalue weighted by molar-refractivity contribution is 1.02. The first kappa shape index (κ1) is 33.3. The fourth-order valence-corrected chi connectivity index (χ4v) is 12.7. The third-order valence-corrected chi connectivity index (χ3v) is 15.3. The average Bonchev–Trinajstić information content (AvgIpc) is 4.07. The van der Waals surface area contributed by atoms with Gasteiger partial charge in [0.1, 0.15) is 0 Å². The van der Waals surface area contributed by atoms with Gasteiger partial charge >= 0.3 is 0 Å². The Kier molecular flexibility index (Phi) is 6.13. The molecule has 64 heavy (non-hydrogen) atoms. The van der Waals surface area contributed by atoms with E-state index in [1.165, 1.54) is 79.8 Å². The highest BCUT2D eigenvalue weighted by molar-refractivity contribution is 7.26. The molecule has 0 radical (unpaired) electrons. The van der Waals surface area contributed by atoms with E-state index in [4.69, 9.17) is 9.97 Å². The molecule has 0 unspecified atom stereocenters. The van der Waals surface area contributed by atoms with Crippen LogP contribution in [0.4, 0.5) is 0 Å². The Morgan fingerprint density at radius 3 is 1.95 bits per heavy atom. The normalized spacial score (nSPS) is 12.7. The molecule has 0 amide bonds. The maximum atomic E-state index is 5.80. The van der Waals surface area contributed by atoms with Crippen molar-refractivity contribution in [3.8, 4) is 22.9 Å². The second-order valence-electron chi connectivity index (χ2n) is 17.3. The molecule has 0 atom stereocenters. The van der Waals surface area contributed by atoms with Crippen LogP contribution in [0, 0.1) is 0 Å². The molecule has 10 aromatic carbocycles. The van der Waals surface area contributed by atoms with Crippen LogP contribution in [-0.2, 0) is 0 Å². The molecule has 0 fully saturated rings. The Morgan fingerprint density at radius 1 is 0.359 bits per heavy atom. The van der Waals surface area contributed by atoms with Gasteiger partial charge in [0.15, 0.2) is 0 Å².